The fraction of sp³-hybridized carbons (Fsp3) is 1.00. The summed E-state index contributed by atoms with van der Waals surface area (Å²) in [6, 6.07) is 0. The van der Waals surface area contributed by atoms with Gasteiger partial charge in [0, 0.05) is 0 Å². The van der Waals surface area contributed by atoms with E-state index in [9.17, 15) is 23.7 Å². The Kier molecular flexibility index (Phi) is 4.20. The van der Waals surface area contributed by atoms with E-state index in [-0.39, 0.29) is 0 Å². The van der Waals surface area contributed by atoms with Gasteiger partial charge in [0.2, 0.25) is 0 Å². The molecule has 0 aromatic heterocycles. The minimum Gasteiger partial charge on any atom is -0.394 e. The quantitative estimate of drug-likeness (QED) is 0.327. The zero-order valence-electron chi connectivity index (χ0n) is 7.87. The van der Waals surface area contributed by atoms with Crippen molar-refractivity contribution in [3.63, 3.8) is 0 Å². The number of aliphatic hydroxyl groups is 4. The summed E-state index contributed by atoms with van der Waals surface area (Å²) in [6.07, 6.45) is -8.53. The maximum atomic E-state index is 10.4. The van der Waals surface area contributed by atoms with Crippen LogP contribution in [0.2, 0.25) is 0 Å². The Bertz CT molecular complexity index is 327. The molecule has 1 saturated heterocycles. The largest absolute Gasteiger partial charge is 0.397 e. The van der Waals surface area contributed by atoms with Crippen LogP contribution in [0.4, 0.5) is 0 Å². The Balaban J connectivity index is 2.80. The van der Waals surface area contributed by atoms with E-state index in [0.717, 1.165) is 0 Å². The molecule has 1 fully saturated rings. The number of hydrogen-bond donors (Lipinski definition) is 5. The van der Waals surface area contributed by atoms with Gasteiger partial charge in [-0.05, 0) is 0 Å². The average Bonchev–Trinajstić information content (AvgIpc) is 2.17. The number of ether oxygens (including phenoxy) is 1. The predicted molar refractivity (Wildman–Crippen MR) is 46.4 cm³/mol. The first-order valence-electron chi connectivity index (χ1n) is 4.22. The first-order valence-corrected chi connectivity index (χ1v) is 5.59. The fourth-order valence-corrected chi connectivity index (χ4v) is 1.81. The van der Waals surface area contributed by atoms with Crippen LogP contribution in [0.15, 0.2) is 0 Å². The number of aliphatic hydroxyl groups excluding tert-OH is 4. The first kappa shape index (κ1) is 13.7. The van der Waals surface area contributed by atoms with E-state index in [1.165, 1.54) is 0 Å². The van der Waals surface area contributed by atoms with Crippen molar-refractivity contribution in [1.82, 2.24) is 0 Å². The van der Waals surface area contributed by atoms with Gasteiger partial charge >= 0.3 is 10.4 Å². The Morgan fingerprint density at radius 3 is 2.19 bits per heavy atom. The van der Waals surface area contributed by atoms with Crippen LogP contribution in [-0.2, 0) is 19.3 Å². The highest BCUT2D eigenvalue weighted by atomic mass is 32.3. The van der Waals surface area contributed by atoms with E-state index in [1.54, 1.807) is 0 Å². The van der Waals surface area contributed by atoms with Crippen LogP contribution < -0.4 is 0 Å². The van der Waals surface area contributed by atoms with Crippen molar-refractivity contribution in [3.8, 4) is 0 Å². The van der Waals surface area contributed by atoms with Gasteiger partial charge < -0.3 is 25.2 Å². The lowest BCUT2D eigenvalue weighted by molar-refractivity contribution is -0.280. The highest BCUT2D eigenvalue weighted by Gasteiger charge is 2.46. The number of rotatable bonds is 3. The standard InChI is InChI=1S/C6H12O9S/c7-1-2-3(8)4(9)5(6(10)14-2)15-16(11,12)13/h2-10H,1H2,(H,11,12,13)/t2-,3-,4+,5-,6-/m1/s1. The summed E-state index contributed by atoms with van der Waals surface area (Å²) in [5.41, 5.74) is 0. The molecule has 0 amide bonds. The number of hydrogen-bond acceptors (Lipinski definition) is 8. The van der Waals surface area contributed by atoms with Crippen LogP contribution in [0.25, 0.3) is 0 Å². The second-order valence-corrected chi connectivity index (χ2v) is 4.27. The zero-order valence-corrected chi connectivity index (χ0v) is 8.69. The molecule has 0 radical (unpaired) electrons. The summed E-state index contributed by atoms with van der Waals surface area (Å²) in [7, 11) is -4.91. The molecule has 9 nitrogen and oxygen atoms in total. The van der Waals surface area contributed by atoms with E-state index in [2.05, 4.69) is 8.92 Å². The molecule has 5 atom stereocenters. The van der Waals surface area contributed by atoms with Gasteiger partial charge in [-0.1, -0.05) is 0 Å². The van der Waals surface area contributed by atoms with Gasteiger partial charge in [0.1, 0.15) is 18.3 Å². The van der Waals surface area contributed by atoms with Gasteiger partial charge in [0.05, 0.1) is 6.61 Å². The molecular formula is C6H12O9S. The third-order valence-corrected chi connectivity index (χ3v) is 2.54. The van der Waals surface area contributed by atoms with Crippen LogP contribution in [-0.4, -0.2) is 70.7 Å². The Morgan fingerprint density at radius 2 is 1.75 bits per heavy atom. The van der Waals surface area contributed by atoms with E-state index in [1.807, 2.05) is 0 Å². The van der Waals surface area contributed by atoms with Gasteiger partial charge in [-0.3, -0.25) is 4.55 Å². The lowest BCUT2D eigenvalue weighted by Crippen LogP contribution is -2.59. The summed E-state index contributed by atoms with van der Waals surface area (Å²) in [5, 5.41) is 36.6. The van der Waals surface area contributed by atoms with Gasteiger partial charge in [-0.2, -0.15) is 8.42 Å². The molecule has 1 rings (SSSR count). The van der Waals surface area contributed by atoms with E-state index in [0.29, 0.717) is 0 Å². The Labute approximate surface area is 90.8 Å². The zero-order chi connectivity index (χ0) is 12.5. The Morgan fingerprint density at radius 1 is 1.19 bits per heavy atom. The van der Waals surface area contributed by atoms with Gasteiger partial charge in [-0.25, -0.2) is 4.18 Å². The molecule has 0 bridgehead atoms. The topological polar surface area (TPSA) is 154 Å². The normalized spacial score (nSPS) is 40.9. The maximum Gasteiger partial charge on any atom is 0.397 e. The molecule has 0 saturated carbocycles. The molecular weight excluding hydrogens is 248 g/mol. The van der Waals surface area contributed by atoms with Gasteiger partial charge in [-0.15, -0.1) is 0 Å². The van der Waals surface area contributed by atoms with Crippen LogP contribution in [0.3, 0.4) is 0 Å². The minimum atomic E-state index is -4.91. The van der Waals surface area contributed by atoms with Crippen molar-refractivity contribution in [2.45, 2.75) is 30.7 Å². The van der Waals surface area contributed by atoms with Crippen LogP contribution in [0, 0.1) is 0 Å². The molecule has 96 valence electrons. The van der Waals surface area contributed by atoms with Crippen molar-refractivity contribution in [2.75, 3.05) is 6.61 Å². The molecule has 0 aromatic rings. The van der Waals surface area contributed by atoms with Gasteiger partial charge in [0.25, 0.3) is 0 Å². The smallest absolute Gasteiger partial charge is 0.394 e. The average molecular weight is 260 g/mol. The van der Waals surface area contributed by atoms with E-state index < -0.39 is 47.7 Å². The van der Waals surface area contributed by atoms with Crippen LogP contribution in [0.5, 0.6) is 0 Å². The Hall–Kier alpha value is -0.330. The summed E-state index contributed by atoms with van der Waals surface area (Å²) in [6.45, 7) is -0.687. The first-order chi connectivity index (χ1) is 7.26. The molecule has 0 aromatic carbocycles. The summed E-state index contributed by atoms with van der Waals surface area (Å²) < 4.78 is 37.6. The van der Waals surface area contributed by atoms with Crippen molar-refractivity contribution < 1.29 is 42.3 Å². The van der Waals surface area contributed by atoms with Crippen LogP contribution in [0.1, 0.15) is 0 Å². The lowest BCUT2D eigenvalue weighted by atomic mass is 9.99. The molecule has 5 N–H and O–H groups in total. The van der Waals surface area contributed by atoms with Crippen molar-refractivity contribution in [2.24, 2.45) is 0 Å². The van der Waals surface area contributed by atoms with Crippen molar-refractivity contribution in [3.05, 3.63) is 0 Å². The molecule has 0 spiro atoms. The lowest BCUT2D eigenvalue weighted by Gasteiger charge is -2.38. The summed E-state index contributed by atoms with van der Waals surface area (Å²) in [5.74, 6) is 0. The van der Waals surface area contributed by atoms with E-state index in [4.69, 9.17) is 9.66 Å². The molecule has 10 heteroatoms. The third-order valence-electron chi connectivity index (χ3n) is 2.08. The second kappa shape index (κ2) is 4.89. The SMILES string of the molecule is O=S(=O)(O)O[C@@H]1[C@@H](O)[C@H](O)[C@@H](CO)O[C@H]1O. The molecule has 1 aliphatic rings. The summed E-state index contributed by atoms with van der Waals surface area (Å²) >= 11 is 0. The molecule has 0 aliphatic carbocycles. The monoisotopic (exact) mass is 260 g/mol. The molecule has 0 unspecified atom stereocenters. The second-order valence-electron chi connectivity index (χ2n) is 3.22. The van der Waals surface area contributed by atoms with Crippen molar-refractivity contribution >= 4 is 10.4 Å². The van der Waals surface area contributed by atoms with Crippen LogP contribution >= 0.6 is 0 Å². The third kappa shape index (κ3) is 3.09. The van der Waals surface area contributed by atoms with Gasteiger partial charge in [0.15, 0.2) is 12.4 Å². The van der Waals surface area contributed by atoms with Crippen molar-refractivity contribution in [1.29, 1.82) is 0 Å². The molecule has 16 heavy (non-hydrogen) atoms. The molecule has 1 aliphatic heterocycles. The summed E-state index contributed by atoms with van der Waals surface area (Å²) in [4.78, 5) is 0. The highest BCUT2D eigenvalue weighted by molar-refractivity contribution is 7.80. The molecule has 1 heterocycles. The minimum absolute atomic E-state index is 0.687. The maximum absolute atomic E-state index is 10.4. The fourth-order valence-electron chi connectivity index (χ4n) is 1.32. The predicted octanol–water partition coefficient (Wildman–Crippen LogP) is -3.39. The van der Waals surface area contributed by atoms with E-state index >= 15 is 0 Å². The highest BCUT2D eigenvalue weighted by Crippen LogP contribution is 2.22.